The van der Waals surface area contributed by atoms with Crippen molar-refractivity contribution in [3.8, 4) is 11.3 Å². The Bertz CT molecular complexity index is 1270. The molecule has 1 aliphatic rings. The lowest BCUT2D eigenvalue weighted by Crippen LogP contribution is -2.36. The monoisotopic (exact) mass is 490 g/mol. The second-order valence-corrected chi connectivity index (χ2v) is 8.49. The van der Waals surface area contributed by atoms with Crippen molar-refractivity contribution in [2.75, 3.05) is 11.9 Å². The Labute approximate surface area is 196 Å². The third kappa shape index (κ3) is 4.88. The summed E-state index contributed by atoms with van der Waals surface area (Å²) in [5, 5.41) is 2.75. The predicted molar refractivity (Wildman–Crippen MR) is 122 cm³/mol. The van der Waals surface area contributed by atoms with Crippen LogP contribution in [0.25, 0.3) is 17.4 Å². The molecule has 32 heavy (non-hydrogen) atoms. The number of thioether (sulfide) groups is 1. The van der Waals surface area contributed by atoms with Crippen molar-refractivity contribution in [3.05, 3.63) is 81.1 Å². The maximum atomic E-state index is 13.3. The fourth-order valence-electron chi connectivity index (χ4n) is 2.94. The molecule has 1 N–H and O–H groups in total. The fourth-order valence-corrected chi connectivity index (χ4v) is 4.26. The number of imide groups is 1. The third-order valence-electron chi connectivity index (χ3n) is 4.38. The minimum Gasteiger partial charge on any atom is -0.457 e. The molecular formula is C22H13Cl2FN2O4S. The van der Waals surface area contributed by atoms with Gasteiger partial charge in [-0.1, -0.05) is 29.3 Å². The van der Waals surface area contributed by atoms with E-state index in [1.807, 2.05) is 0 Å². The Morgan fingerprint density at radius 1 is 1.12 bits per heavy atom. The van der Waals surface area contributed by atoms with Gasteiger partial charge in [-0.15, -0.1) is 0 Å². The summed E-state index contributed by atoms with van der Waals surface area (Å²) in [7, 11) is 0. The number of anilines is 1. The average molecular weight is 491 g/mol. The van der Waals surface area contributed by atoms with Gasteiger partial charge in [-0.2, -0.15) is 0 Å². The molecule has 1 aromatic heterocycles. The molecule has 0 radical (unpaired) electrons. The Balaban J connectivity index is 1.46. The first kappa shape index (κ1) is 22.1. The summed E-state index contributed by atoms with van der Waals surface area (Å²) in [5.41, 5.74) is 0.847. The molecule has 0 saturated carbocycles. The number of carbonyl (C=O) groups excluding carboxylic acids is 3. The molecular weight excluding hydrogens is 478 g/mol. The second-order valence-electron chi connectivity index (χ2n) is 6.65. The number of nitrogens with zero attached hydrogens (tertiary/aromatic N) is 1. The van der Waals surface area contributed by atoms with Gasteiger partial charge in [0.2, 0.25) is 5.91 Å². The Hall–Kier alpha value is -3.07. The summed E-state index contributed by atoms with van der Waals surface area (Å²) in [6, 6.07) is 13.6. The largest absolute Gasteiger partial charge is 0.457 e. The molecule has 10 heteroatoms. The van der Waals surface area contributed by atoms with Crippen LogP contribution < -0.4 is 5.32 Å². The highest BCUT2D eigenvalue weighted by Gasteiger charge is 2.36. The van der Waals surface area contributed by atoms with Gasteiger partial charge in [-0.05, 0) is 60.3 Å². The number of benzene rings is 2. The zero-order valence-electron chi connectivity index (χ0n) is 16.1. The molecule has 1 saturated heterocycles. The third-order valence-corrected chi connectivity index (χ3v) is 5.84. The molecule has 0 unspecified atom stereocenters. The van der Waals surface area contributed by atoms with Crippen LogP contribution in [0.4, 0.5) is 14.9 Å². The van der Waals surface area contributed by atoms with Crippen LogP contribution >= 0.6 is 35.0 Å². The van der Waals surface area contributed by atoms with Gasteiger partial charge in [-0.25, -0.2) is 4.39 Å². The Morgan fingerprint density at radius 2 is 1.94 bits per heavy atom. The summed E-state index contributed by atoms with van der Waals surface area (Å²) in [6.45, 7) is -0.498. The standard InChI is InChI=1S/C22H13Cl2FN2O4S/c23-12-4-6-16(17(24)8-12)18-7-5-15(31-18)10-19-21(29)27(22(30)32-19)11-20(28)26-14-3-1-2-13(25)9-14/h1-10H,11H2,(H,26,28)/b19-10-. The topological polar surface area (TPSA) is 79.6 Å². The lowest BCUT2D eigenvalue weighted by atomic mass is 10.2. The van der Waals surface area contributed by atoms with E-state index in [9.17, 15) is 18.8 Å². The molecule has 0 bridgehead atoms. The van der Waals surface area contributed by atoms with Crippen LogP contribution in [0.2, 0.25) is 10.0 Å². The summed E-state index contributed by atoms with van der Waals surface area (Å²) in [5.74, 6) is -0.976. The van der Waals surface area contributed by atoms with Gasteiger partial charge >= 0.3 is 0 Å². The van der Waals surface area contributed by atoms with Crippen LogP contribution in [0.1, 0.15) is 5.76 Å². The SMILES string of the molecule is O=C(CN1C(=O)S/C(=C\c2ccc(-c3ccc(Cl)cc3Cl)o2)C1=O)Nc1cccc(F)c1. The minimum atomic E-state index is -0.628. The van der Waals surface area contributed by atoms with Crippen molar-refractivity contribution in [3.63, 3.8) is 0 Å². The molecule has 1 aliphatic heterocycles. The number of amides is 3. The van der Waals surface area contributed by atoms with Gasteiger partial charge in [0.25, 0.3) is 11.1 Å². The van der Waals surface area contributed by atoms with Crippen LogP contribution in [0.5, 0.6) is 0 Å². The maximum Gasteiger partial charge on any atom is 0.294 e. The number of halogens is 3. The van der Waals surface area contributed by atoms with E-state index in [1.54, 1.807) is 30.3 Å². The highest BCUT2D eigenvalue weighted by molar-refractivity contribution is 8.18. The number of furan rings is 1. The molecule has 2 heterocycles. The van der Waals surface area contributed by atoms with E-state index >= 15 is 0 Å². The van der Waals surface area contributed by atoms with Crippen LogP contribution in [0.3, 0.4) is 0 Å². The first-order valence-electron chi connectivity index (χ1n) is 9.16. The van der Waals surface area contributed by atoms with E-state index in [0.29, 0.717) is 38.9 Å². The van der Waals surface area contributed by atoms with Crippen LogP contribution in [0.15, 0.2) is 63.9 Å². The Morgan fingerprint density at radius 3 is 2.69 bits per heavy atom. The van der Waals surface area contributed by atoms with Crippen molar-refractivity contribution in [1.82, 2.24) is 4.90 Å². The first-order valence-corrected chi connectivity index (χ1v) is 10.7. The number of rotatable bonds is 5. The number of hydrogen-bond donors (Lipinski definition) is 1. The molecule has 4 rings (SSSR count). The van der Waals surface area contributed by atoms with Crippen molar-refractivity contribution >= 4 is 63.8 Å². The van der Waals surface area contributed by atoms with Gasteiger partial charge in [0.05, 0.1) is 9.93 Å². The van der Waals surface area contributed by atoms with Gasteiger partial charge in [0.1, 0.15) is 23.9 Å². The van der Waals surface area contributed by atoms with E-state index in [2.05, 4.69) is 5.32 Å². The molecule has 0 spiro atoms. The number of nitrogens with one attached hydrogen (secondary N) is 1. The average Bonchev–Trinajstić information content (AvgIpc) is 3.28. The Kier molecular flexibility index (Phi) is 6.36. The maximum absolute atomic E-state index is 13.3. The molecule has 162 valence electrons. The van der Waals surface area contributed by atoms with Crippen molar-refractivity contribution in [1.29, 1.82) is 0 Å². The minimum absolute atomic E-state index is 0.108. The van der Waals surface area contributed by atoms with E-state index in [-0.39, 0.29) is 10.6 Å². The summed E-state index contributed by atoms with van der Waals surface area (Å²) < 4.78 is 19.0. The molecule has 1 fully saturated rings. The summed E-state index contributed by atoms with van der Waals surface area (Å²) >= 11 is 12.8. The van der Waals surface area contributed by atoms with E-state index in [1.165, 1.54) is 24.3 Å². The van der Waals surface area contributed by atoms with Gasteiger partial charge < -0.3 is 9.73 Å². The van der Waals surface area contributed by atoms with Crippen molar-refractivity contribution in [2.45, 2.75) is 0 Å². The fraction of sp³-hybridized carbons (Fsp3) is 0.0455. The molecule has 0 aliphatic carbocycles. The van der Waals surface area contributed by atoms with Gasteiger partial charge in [0.15, 0.2) is 0 Å². The van der Waals surface area contributed by atoms with Gasteiger partial charge in [-0.3, -0.25) is 19.3 Å². The highest BCUT2D eigenvalue weighted by atomic mass is 35.5. The quantitative estimate of drug-likeness (QED) is 0.439. The first-order chi connectivity index (χ1) is 15.3. The van der Waals surface area contributed by atoms with E-state index in [0.717, 1.165) is 11.0 Å². The summed E-state index contributed by atoms with van der Waals surface area (Å²) in [4.78, 5) is 38.0. The zero-order valence-corrected chi connectivity index (χ0v) is 18.4. The molecule has 3 aromatic rings. The lowest BCUT2D eigenvalue weighted by molar-refractivity contribution is -0.127. The highest BCUT2D eigenvalue weighted by Crippen LogP contribution is 2.35. The van der Waals surface area contributed by atoms with Crippen LogP contribution in [-0.4, -0.2) is 28.5 Å². The smallest absolute Gasteiger partial charge is 0.294 e. The van der Waals surface area contributed by atoms with E-state index in [4.69, 9.17) is 27.6 Å². The van der Waals surface area contributed by atoms with Crippen molar-refractivity contribution < 1.29 is 23.2 Å². The zero-order chi connectivity index (χ0) is 22.8. The van der Waals surface area contributed by atoms with Gasteiger partial charge in [0, 0.05) is 22.3 Å². The van der Waals surface area contributed by atoms with Crippen LogP contribution in [0, 0.1) is 5.82 Å². The van der Waals surface area contributed by atoms with E-state index < -0.39 is 29.4 Å². The predicted octanol–water partition coefficient (Wildman–Crippen LogP) is 6.07. The molecule has 0 atom stereocenters. The molecule has 3 amide bonds. The number of carbonyl (C=O) groups is 3. The van der Waals surface area contributed by atoms with Crippen LogP contribution in [-0.2, 0) is 9.59 Å². The second kappa shape index (κ2) is 9.20. The lowest BCUT2D eigenvalue weighted by Gasteiger charge is -2.12. The molecule has 2 aromatic carbocycles. The summed E-state index contributed by atoms with van der Waals surface area (Å²) in [6.07, 6.45) is 1.42. The molecule has 6 nitrogen and oxygen atoms in total. The normalized spacial score (nSPS) is 15.0. The number of hydrogen-bond acceptors (Lipinski definition) is 5. The van der Waals surface area contributed by atoms with Crippen molar-refractivity contribution in [2.24, 2.45) is 0 Å².